The number of nitrogens with one attached hydrogen (secondary N) is 1. The molecule has 0 unspecified atom stereocenters. The zero-order valence-electron chi connectivity index (χ0n) is 20.0. The molecule has 186 valence electrons. The van der Waals surface area contributed by atoms with E-state index in [1.54, 1.807) is 31.2 Å². The smallest absolute Gasteiger partial charge is 0.244 e. The van der Waals surface area contributed by atoms with E-state index in [4.69, 9.17) is 4.74 Å². The molecule has 10 heteroatoms. The van der Waals surface area contributed by atoms with E-state index >= 15 is 0 Å². The summed E-state index contributed by atoms with van der Waals surface area (Å²) in [6, 6.07) is 11.3. The number of carbonyl (C=O) groups is 2. The lowest BCUT2D eigenvalue weighted by molar-refractivity contribution is -0.140. The molecule has 0 radical (unpaired) electrons. The number of ether oxygens (including phenoxy) is 1. The highest BCUT2D eigenvalue weighted by Gasteiger charge is 2.31. The Labute approximate surface area is 200 Å². The molecule has 1 atom stereocenters. The van der Waals surface area contributed by atoms with Gasteiger partial charge in [-0.2, -0.15) is 0 Å². The van der Waals surface area contributed by atoms with Crippen LogP contribution in [0.2, 0.25) is 0 Å². The first kappa shape index (κ1) is 27.1. The lowest BCUT2D eigenvalue weighted by atomic mass is 10.1. The normalized spacial score (nSPS) is 12.0. The third-order valence-electron chi connectivity index (χ3n) is 5.20. The lowest BCUT2D eigenvalue weighted by Gasteiger charge is -2.33. The molecule has 0 spiro atoms. The van der Waals surface area contributed by atoms with Crippen molar-refractivity contribution in [3.8, 4) is 5.75 Å². The van der Waals surface area contributed by atoms with Gasteiger partial charge in [0.25, 0.3) is 0 Å². The maximum atomic E-state index is 13.8. The predicted octanol–water partition coefficient (Wildman–Crippen LogP) is 2.93. The lowest BCUT2D eigenvalue weighted by Crippen LogP contribution is -2.52. The topological polar surface area (TPSA) is 96.0 Å². The summed E-state index contributed by atoms with van der Waals surface area (Å²) < 4.78 is 44.9. The van der Waals surface area contributed by atoms with Crippen LogP contribution in [-0.4, -0.2) is 57.6 Å². The zero-order chi connectivity index (χ0) is 25.3. The monoisotopic (exact) mass is 493 g/mol. The van der Waals surface area contributed by atoms with Crippen molar-refractivity contribution >= 4 is 27.5 Å². The average Bonchev–Trinajstić information content (AvgIpc) is 2.80. The fraction of sp³-hybridized carbons (Fsp3) is 0.417. The van der Waals surface area contributed by atoms with Crippen molar-refractivity contribution in [1.29, 1.82) is 0 Å². The van der Waals surface area contributed by atoms with Gasteiger partial charge in [-0.25, -0.2) is 12.8 Å². The third kappa shape index (κ3) is 7.44. The molecule has 0 bridgehead atoms. The molecule has 0 saturated carbocycles. The van der Waals surface area contributed by atoms with E-state index < -0.39 is 34.3 Å². The number of halogens is 1. The number of anilines is 1. The number of carbonyl (C=O) groups excluding carboxylic acids is 2. The first-order valence-electron chi connectivity index (χ1n) is 11.0. The first-order chi connectivity index (χ1) is 16.1. The SMILES string of the molecule is CCCNC(=O)[C@@H](CC)N(Cc1cccc(OC)c1)C(=O)CN(c1cccc(F)c1)S(C)(=O)=O. The predicted molar refractivity (Wildman–Crippen MR) is 130 cm³/mol. The highest BCUT2D eigenvalue weighted by molar-refractivity contribution is 7.92. The van der Waals surface area contributed by atoms with Gasteiger partial charge in [-0.1, -0.05) is 32.0 Å². The van der Waals surface area contributed by atoms with Crippen molar-refractivity contribution in [2.24, 2.45) is 0 Å². The summed E-state index contributed by atoms with van der Waals surface area (Å²) in [6.45, 7) is 3.64. The zero-order valence-corrected chi connectivity index (χ0v) is 20.8. The van der Waals surface area contributed by atoms with Gasteiger partial charge in [0.1, 0.15) is 24.2 Å². The molecule has 2 rings (SSSR count). The second kappa shape index (κ2) is 12.4. The Balaban J connectivity index is 2.43. The number of methoxy groups -OCH3 is 1. The van der Waals surface area contributed by atoms with Crippen molar-refractivity contribution in [3.63, 3.8) is 0 Å². The van der Waals surface area contributed by atoms with Gasteiger partial charge in [-0.3, -0.25) is 13.9 Å². The van der Waals surface area contributed by atoms with Crippen LogP contribution in [0.15, 0.2) is 48.5 Å². The summed E-state index contributed by atoms with van der Waals surface area (Å²) in [5.74, 6) is -0.948. The number of sulfonamides is 1. The van der Waals surface area contributed by atoms with E-state index in [-0.39, 0.29) is 18.1 Å². The van der Waals surface area contributed by atoms with Crippen molar-refractivity contribution in [2.45, 2.75) is 39.3 Å². The van der Waals surface area contributed by atoms with Gasteiger partial charge in [0.2, 0.25) is 21.8 Å². The minimum Gasteiger partial charge on any atom is -0.497 e. The highest BCUT2D eigenvalue weighted by atomic mass is 32.2. The summed E-state index contributed by atoms with van der Waals surface area (Å²) in [6.07, 6.45) is 2.00. The summed E-state index contributed by atoms with van der Waals surface area (Å²) in [4.78, 5) is 27.7. The molecule has 0 aliphatic carbocycles. The van der Waals surface area contributed by atoms with Crippen LogP contribution in [0.3, 0.4) is 0 Å². The van der Waals surface area contributed by atoms with Gasteiger partial charge in [-0.15, -0.1) is 0 Å². The molecule has 2 aromatic rings. The minimum atomic E-state index is -3.92. The molecule has 1 N–H and O–H groups in total. The van der Waals surface area contributed by atoms with E-state index in [0.717, 1.165) is 23.0 Å². The Morgan fingerprint density at radius 1 is 1.12 bits per heavy atom. The largest absolute Gasteiger partial charge is 0.497 e. The first-order valence-corrected chi connectivity index (χ1v) is 12.9. The van der Waals surface area contributed by atoms with Gasteiger partial charge in [0.05, 0.1) is 19.1 Å². The number of hydrogen-bond acceptors (Lipinski definition) is 5. The molecule has 0 fully saturated rings. The molecule has 34 heavy (non-hydrogen) atoms. The number of nitrogens with zero attached hydrogens (tertiary/aromatic N) is 2. The van der Waals surface area contributed by atoms with Crippen LogP contribution in [0, 0.1) is 5.82 Å². The second-order valence-corrected chi connectivity index (χ2v) is 9.74. The van der Waals surface area contributed by atoms with Crippen LogP contribution in [0.1, 0.15) is 32.3 Å². The van der Waals surface area contributed by atoms with Crippen LogP contribution < -0.4 is 14.4 Å². The van der Waals surface area contributed by atoms with E-state index in [1.165, 1.54) is 30.2 Å². The molecular formula is C24H32FN3O5S. The summed E-state index contributed by atoms with van der Waals surface area (Å²) in [5.41, 5.74) is 0.742. The Kier molecular flexibility index (Phi) is 9.85. The molecule has 0 saturated heterocycles. The Bertz CT molecular complexity index is 1090. The number of hydrogen-bond donors (Lipinski definition) is 1. The van der Waals surface area contributed by atoms with Crippen molar-refractivity contribution in [3.05, 3.63) is 59.9 Å². The molecule has 2 aromatic carbocycles. The van der Waals surface area contributed by atoms with E-state index in [0.29, 0.717) is 24.3 Å². The molecule has 0 aromatic heterocycles. The van der Waals surface area contributed by atoms with Gasteiger partial charge in [0, 0.05) is 13.1 Å². The van der Waals surface area contributed by atoms with Gasteiger partial charge in [-0.05, 0) is 48.7 Å². The summed E-state index contributed by atoms with van der Waals surface area (Å²) in [5, 5.41) is 2.81. The van der Waals surface area contributed by atoms with Gasteiger partial charge in [0.15, 0.2) is 0 Å². The third-order valence-corrected chi connectivity index (χ3v) is 6.34. The maximum absolute atomic E-state index is 13.8. The highest BCUT2D eigenvalue weighted by Crippen LogP contribution is 2.21. The van der Waals surface area contributed by atoms with Crippen molar-refractivity contribution < 1.29 is 27.1 Å². The van der Waals surface area contributed by atoms with Crippen molar-refractivity contribution in [2.75, 3.05) is 30.8 Å². The molecule has 2 amide bonds. The molecule has 0 heterocycles. The fourth-order valence-corrected chi connectivity index (χ4v) is 4.34. The van der Waals surface area contributed by atoms with Crippen LogP contribution >= 0.6 is 0 Å². The van der Waals surface area contributed by atoms with Gasteiger partial charge >= 0.3 is 0 Å². The summed E-state index contributed by atoms with van der Waals surface area (Å²) in [7, 11) is -2.39. The molecule has 0 aliphatic rings. The average molecular weight is 494 g/mol. The van der Waals surface area contributed by atoms with E-state index in [2.05, 4.69) is 5.32 Å². The Morgan fingerprint density at radius 3 is 2.41 bits per heavy atom. The number of rotatable bonds is 12. The molecule has 8 nitrogen and oxygen atoms in total. The Hall–Kier alpha value is -3.14. The maximum Gasteiger partial charge on any atom is 0.244 e. The van der Waals surface area contributed by atoms with Crippen molar-refractivity contribution in [1.82, 2.24) is 10.2 Å². The summed E-state index contributed by atoms with van der Waals surface area (Å²) >= 11 is 0. The van der Waals surface area contributed by atoms with Crippen LogP contribution in [0.4, 0.5) is 10.1 Å². The van der Waals surface area contributed by atoms with Gasteiger partial charge < -0.3 is 15.0 Å². The van der Waals surface area contributed by atoms with Crippen LogP contribution in [0.5, 0.6) is 5.75 Å². The molecule has 0 aliphatic heterocycles. The number of amides is 2. The Morgan fingerprint density at radius 2 is 1.82 bits per heavy atom. The number of benzene rings is 2. The fourth-order valence-electron chi connectivity index (χ4n) is 3.50. The molecular weight excluding hydrogens is 461 g/mol. The standard InChI is InChI=1S/C24H32FN3O5S/c1-5-13-26-24(30)22(6-2)27(16-18-9-7-12-21(14-18)33-3)23(29)17-28(34(4,31)32)20-11-8-10-19(25)15-20/h7-12,14-15,22H,5-6,13,16-17H2,1-4H3,(H,26,30)/t22-/m1/s1. The van der Waals surface area contributed by atoms with Crippen LogP contribution in [0.25, 0.3) is 0 Å². The van der Waals surface area contributed by atoms with E-state index in [9.17, 15) is 22.4 Å². The quantitative estimate of drug-likeness (QED) is 0.491. The van der Waals surface area contributed by atoms with Crippen LogP contribution in [-0.2, 0) is 26.2 Å². The minimum absolute atomic E-state index is 0.0284. The van der Waals surface area contributed by atoms with E-state index in [1.807, 2.05) is 6.92 Å². The second-order valence-electron chi connectivity index (χ2n) is 7.84.